The smallest absolute Gasteiger partial charge is 0.329 e. The topological polar surface area (TPSA) is 119 Å². The first kappa shape index (κ1) is 25.2. The van der Waals surface area contributed by atoms with Crippen LogP contribution in [0.4, 0.5) is 5.69 Å². The van der Waals surface area contributed by atoms with Gasteiger partial charge >= 0.3 is 16.2 Å². The highest BCUT2D eigenvalue weighted by molar-refractivity contribution is 7.91. The molecule has 0 radical (unpaired) electrons. The quantitative estimate of drug-likeness (QED) is 0.440. The Bertz CT molecular complexity index is 1310. The van der Waals surface area contributed by atoms with Crippen molar-refractivity contribution in [1.82, 2.24) is 4.31 Å². The highest BCUT2D eigenvalue weighted by Gasteiger charge is 2.42. The molecule has 0 spiro atoms. The Morgan fingerprint density at radius 3 is 2.22 bits per heavy atom. The van der Waals surface area contributed by atoms with Crippen LogP contribution in [0.2, 0.25) is 0 Å². The molecule has 1 heterocycles. The molecule has 1 atom stereocenters. The van der Waals surface area contributed by atoms with Gasteiger partial charge in [0.15, 0.2) is 0 Å². The van der Waals surface area contributed by atoms with Crippen LogP contribution in [-0.4, -0.2) is 44.3 Å². The van der Waals surface area contributed by atoms with Crippen molar-refractivity contribution in [3.8, 4) is 5.75 Å². The van der Waals surface area contributed by atoms with Gasteiger partial charge < -0.3 is 15.2 Å². The van der Waals surface area contributed by atoms with Crippen molar-refractivity contribution < 1.29 is 27.5 Å². The van der Waals surface area contributed by atoms with Gasteiger partial charge in [0.1, 0.15) is 24.9 Å². The molecule has 2 N–H and O–H groups in total. The summed E-state index contributed by atoms with van der Waals surface area (Å²) in [6.45, 7) is -0.219. The van der Waals surface area contributed by atoms with Gasteiger partial charge in [-0.1, -0.05) is 54.6 Å². The fourth-order valence-electron chi connectivity index (χ4n) is 3.79. The number of hydrogen-bond donors (Lipinski definition) is 1. The summed E-state index contributed by atoms with van der Waals surface area (Å²) in [6, 6.07) is 21.9. The van der Waals surface area contributed by atoms with E-state index in [0.717, 1.165) is 19.7 Å². The molecular weight excluding hydrogens is 482 g/mol. The third-order valence-electron chi connectivity index (χ3n) is 5.81. The van der Waals surface area contributed by atoms with Crippen molar-refractivity contribution in [3.05, 3.63) is 95.6 Å². The molecule has 3 aromatic carbocycles. The standard InChI is InChI=1S/C26H27N3O6S/c1-34-23-13-9-20(10-14-23)16-29-25(30)17-28(36(29,32)33)22-11-7-19(8-12-22)15-24(27)26(31)35-18-21-5-3-2-4-6-21/h2-14,24H,15-18,27H2,1H3. The van der Waals surface area contributed by atoms with Gasteiger partial charge in [-0.2, -0.15) is 8.42 Å². The average molecular weight is 510 g/mol. The van der Waals surface area contributed by atoms with E-state index in [2.05, 4.69) is 0 Å². The number of anilines is 1. The Balaban J connectivity index is 1.38. The molecule has 1 aliphatic heterocycles. The number of benzene rings is 3. The van der Waals surface area contributed by atoms with Gasteiger partial charge in [0, 0.05) is 0 Å². The second-order valence-electron chi connectivity index (χ2n) is 8.33. The third-order valence-corrected chi connectivity index (χ3v) is 7.59. The molecule has 0 aliphatic carbocycles. The first-order valence-corrected chi connectivity index (χ1v) is 12.7. The van der Waals surface area contributed by atoms with Gasteiger partial charge in [-0.3, -0.25) is 9.59 Å². The first-order valence-electron chi connectivity index (χ1n) is 11.3. The van der Waals surface area contributed by atoms with Crippen molar-refractivity contribution in [1.29, 1.82) is 0 Å². The fourth-order valence-corrected chi connectivity index (χ4v) is 5.32. The van der Waals surface area contributed by atoms with Gasteiger partial charge in [-0.25, -0.2) is 8.61 Å². The van der Waals surface area contributed by atoms with Crippen LogP contribution in [0.3, 0.4) is 0 Å². The number of rotatable bonds is 9. The summed E-state index contributed by atoms with van der Waals surface area (Å²) in [6.07, 6.45) is 0.225. The van der Waals surface area contributed by atoms with Crippen LogP contribution in [0.25, 0.3) is 0 Å². The van der Waals surface area contributed by atoms with E-state index >= 15 is 0 Å². The number of nitrogens with two attached hydrogens (primary N) is 1. The lowest BCUT2D eigenvalue weighted by Gasteiger charge is -2.20. The summed E-state index contributed by atoms with van der Waals surface area (Å²) < 4.78 is 38.5. The number of carbonyl (C=O) groups excluding carboxylic acids is 2. The Morgan fingerprint density at radius 1 is 0.944 bits per heavy atom. The number of amides is 1. The molecule has 1 saturated heterocycles. The van der Waals surface area contributed by atoms with Gasteiger partial charge in [-0.05, 0) is 47.4 Å². The zero-order valence-electron chi connectivity index (χ0n) is 19.7. The zero-order chi connectivity index (χ0) is 25.7. The predicted molar refractivity (Wildman–Crippen MR) is 134 cm³/mol. The maximum atomic E-state index is 13.1. The van der Waals surface area contributed by atoms with E-state index in [4.69, 9.17) is 15.2 Å². The zero-order valence-corrected chi connectivity index (χ0v) is 20.6. The second-order valence-corrected chi connectivity index (χ2v) is 10.1. The van der Waals surface area contributed by atoms with Crippen LogP contribution >= 0.6 is 0 Å². The first-order chi connectivity index (χ1) is 17.3. The molecule has 36 heavy (non-hydrogen) atoms. The summed E-state index contributed by atoms with van der Waals surface area (Å²) in [5, 5.41) is 0. The number of nitrogens with zero attached hydrogens (tertiary/aromatic N) is 2. The number of esters is 1. The number of methoxy groups -OCH3 is 1. The largest absolute Gasteiger partial charge is 0.497 e. The van der Waals surface area contributed by atoms with Crippen molar-refractivity contribution in [2.45, 2.75) is 25.6 Å². The molecule has 9 nitrogen and oxygen atoms in total. The van der Waals surface area contributed by atoms with Crippen molar-refractivity contribution >= 4 is 27.8 Å². The van der Waals surface area contributed by atoms with Crippen molar-refractivity contribution in [2.24, 2.45) is 5.73 Å². The molecule has 1 fully saturated rings. The lowest BCUT2D eigenvalue weighted by Crippen LogP contribution is -2.34. The summed E-state index contributed by atoms with van der Waals surface area (Å²) in [5.74, 6) is -0.400. The Labute approximate surface area is 210 Å². The molecule has 188 valence electrons. The molecular formula is C26H27N3O6S. The van der Waals surface area contributed by atoms with E-state index < -0.39 is 28.1 Å². The van der Waals surface area contributed by atoms with E-state index in [1.54, 1.807) is 48.5 Å². The highest BCUT2D eigenvalue weighted by Crippen LogP contribution is 2.28. The number of carbonyl (C=O) groups is 2. The average Bonchev–Trinajstić information content (AvgIpc) is 3.12. The number of ether oxygens (including phenoxy) is 2. The van der Waals surface area contributed by atoms with E-state index in [-0.39, 0.29) is 26.1 Å². The highest BCUT2D eigenvalue weighted by atomic mass is 32.2. The number of hydrogen-bond acceptors (Lipinski definition) is 7. The van der Waals surface area contributed by atoms with Crippen LogP contribution in [0.5, 0.6) is 5.75 Å². The van der Waals surface area contributed by atoms with Crippen molar-refractivity contribution in [3.63, 3.8) is 0 Å². The molecule has 0 aromatic heterocycles. The van der Waals surface area contributed by atoms with Crippen LogP contribution in [0, 0.1) is 0 Å². The normalized spacial score (nSPS) is 15.6. The molecule has 0 bridgehead atoms. The van der Waals surface area contributed by atoms with Crippen LogP contribution < -0.4 is 14.8 Å². The lowest BCUT2D eigenvalue weighted by atomic mass is 10.1. The fraction of sp³-hybridized carbons (Fsp3) is 0.231. The molecule has 10 heteroatoms. The van der Waals surface area contributed by atoms with Crippen molar-refractivity contribution in [2.75, 3.05) is 18.0 Å². The Hall–Kier alpha value is -3.89. The van der Waals surface area contributed by atoms with Gasteiger partial charge in [0.2, 0.25) is 0 Å². The minimum Gasteiger partial charge on any atom is -0.497 e. The second kappa shape index (κ2) is 10.8. The van der Waals surface area contributed by atoms with E-state index in [1.165, 1.54) is 7.11 Å². The van der Waals surface area contributed by atoms with Gasteiger partial charge in [-0.15, -0.1) is 0 Å². The monoisotopic (exact) mass is 509 g/mol. The van der Waals surface area contributed by atoms with Crippen LogP contribution in [-0.2, 0) is 44.1 Å². The minimum absolute atomic E-state index is 0.0698. The third kappa shape index (κ3) is 5.67. The SMILES string of the molecule is COc1ccc(CN2C(=O)CN(c3ccc(CC(N)C(=O)OCc4ccccc4)cc3)S2(=O)=O)cc1. The Morgan fingerprint density at radius 2 is 1.58 bits per heavy atom. The molecule has 1 amide bonds. The maximum Gasteiger partial charge on any atom is 0.329 e. The molecule has 3 aromatic rings. The van der Waals surface area contributed by atoms with E-state index in [9.17, 15) is 18.0 Å². The summed E-state index contributed by atoms with van der Waals surface area (Å²) >= 11 is 0. The van der Waals surface area contributed by atoms with Gasteiger partial charge in [0.05, 0.1) is 19.3 Å². The van der Waals surface area contributed by atoms with Crippen LogP contribution in [0.15, 0.2) is 78.9 Å². The summed E-state index contributed by atoms with van der Waals surface area (Å²) in [4.78, 5) is 24.8. The van der Waals surface area contributed by atoms with E-state index in [0.29, 0.717) is 17.0 Å². The molecule has 4 rings (SSSR count). The van der Waals surface area contributed by atoms with Crippen LogP contribution in [0.1, 0.15) is 16.7 Å². The molecule has 1 unspecified atom stereocenters. The predicted octanol–water partition coefficient (Wildman–Crippen LogP) is 2.40. The minimum atomic E-state index is -4.04. The summed E-state index contributed by atoms with van der Waals surface area (Å²) in [5.41, 5.74) is 8.62. The summed E-state index contributed by atoms with van der Waals surface area (Å²) in [7, 11) is -2.50. The van der Waals surface area contributed by atoms with E-state index in [1.807, 2.05) is 30.3 Å². The molecule has 1 aliphatic rings. The Kier molecular flexibility index (Phi) is 7.56. The maximum absolute atomic E-state index is 13.1. The lowest BCUT2D eigenvalue weighted by molar-refractivity contribution is -0.146. The van der Waals surface area contributed by atoms with Gasteiger partial charge in [0.25, 0.3) is 5.91 Å². The molecule has 0 saturated carbocycles.